The summed E-state index contributed by atoms with van der Waals surface area (Å²) in [6.45, 7) is 4.68. The fourth-order valence-corrected chi connectivity index (χ4v) is 2.06. The van der Waals surface area contributed by atoms with Gasteiger partial charge in [-0.1, -0.05) is 41.9 Å². The maximum absolute atomic E-state index is 5.87. The Hall–Kier alpha value is -2.37. The Kier molecular flexibility index (Phi) is 7.26. The number of hydrogen-bond acceptors (Lipinski definition) is 3. The Morgan fingerprint density at radius 1 is 1.25 bits per heavy atom. The quantitative estimate of drug-likeness (QED) is 0.340. The lowest BCUT2D eigenvalue weighted by atomic mass is 10.2. The van der Waals surface area contributed by atoms with E-state index in [0.29, 0.717) is 23.3 Å². The van der Waals surface area contributed by atoms with Crippen LogP contribution in [0.3, 0.4) is 0 Å². The molecule has 0 saturated heterocycles. The second-order valence-corrected chi connectivity index (χ2v) is 5.70. The highest BCUT2D eigenvalue weighted by Gasteiger charge is 1.98. The minimum absolute atomic E-state index is 0.446. The van der Waals surface area contributed by atoms with Crippen LogP contribution in [0.25, 0.3) is 0 Å². The number of halogens is 1. The molecular weight excluding hydrogens is 342 g/mol. The molecule has 6 heteroatoms. The van der Waals surface area contributed by atoms with Gasteiger partial charge in [-0.2, -0.15) is 5.10 Å². The van der Waals surface area contributed by atoms with Crippen molar-refractivity contribution in [1.29, 1.82) is 0 Å². The fraction of sp³-hybridized carbons (Fsp3) is 0.111. The molecule has 2 N–H and O–H groups in total. The minimum Gasteiger partial charge on any atom is -0.489 e. The molecular formula is C18H18ClN3OS. The Morgan fingerprint density at radius 3 is 2.79 bits per heavy atom. The Labute approximate surface area is 152 Å². The van der Waals surface area contributed by atoms with Crippen molar-refractivity contribution in [2.45, 2.75) is 6.61 Å². The van der Waals surface area contributed by atoms with E-state index in [1.807, 2.05) is 48.5 Å². The van der Waals surface area contributed by atoms with Gasteiger partial charge in [0.05, 0.1) is 6.21 Å². The topological polar surface area (TPSA) is 45.7 Å². The molecule has 0 aliphatic heterocycles. The van der Waals surface area contributed by atoms with Gasteiger partial charge in [0.15, 0.2) is 5.11 Å². The van der Waals surface area contributed by atoms with Crippen LogP contribution < -0.4 is 15.5 Å². The smallest absolute Gasteiger partial charge is 0.187 e. The summed E-state index contributed by atoms with van der Waals surface area (Å²) in [5, 5.41) is 8.17. The van der Waals surface area contributed by atoms with Crippen LogP contribution >= 0.6 is 23.8 Å². The number of hydrazone groups is 1. The molecule has 4 nitrogen and oxygen atoms in total. The highest BCUT2D eigenvalue weighted by Crippen LogP contribution is 2.15. The lowest BCUT2D eigenvalue weighted by Gasteiger charge is -2.07. The molecule has 0 fully saturated rings. The Balaban J connectivity index is 1.87. The summed E-state index contributed by atoms with van der Waals surface area (Å²) >= 11 is 10.9. The summed E-state index contributed by atoms with van der Waals surface area (Å²) in [6, 6.07) is 15.2. The zero-order valence-electron chi connectivity index (χ0n) is 13.0. The number of benzene rings is 2. The molecule has 2 aromatic rings. The van der Waals surface area contributed by atoms with Gasteiger partial charge < -0.3 is 10.1 Å². The molecule has 0 spiro atoms. The summed E-state index contributed by atoms with van der Waals surface area (Å²) in [5.74, 6) is 0.765. The molecule has 0 unspecified atom stereocenters. The summed E-state index contributed by atoms with van der Waals surface area (Å²) in [5.41, 5.74) is 4.70. The van der Waals surface area contributed by atoms with Crippen molar-refractivity contribution in [2.75, 3.05) is 6.54 Å². The summed E-state index contributed by atoms with van der Waals surface area (Å²) in [6.07, 6.45) is 3.40. The third-order valence-electron chi connectivity index (χ3n) is 2.96. The van der Waals surface area contributed by atoms with Gasteiger partial charge in [-0.25, -0.2) is 0 Å². The van der Waals surface area contributed by atoms with Crippen molar-refractivity contribution >= 4 is 35.1 Å². The van der Waals surface area contributed by atoms with Crippen molar-refractivity contribution in [2.24, 2.45) is 5.10 Å². The van der Waals surface area contributed by atoms with E-state index in [1.165, 1.54) is 0 Å². The molecule has 0 atom stereocenters. The number of ether oxygens (including phenoxy) is 1. The van der Waals surface area contributed by atoms with E-state index in [-0.39, 0.29) is 0 Å². The van der Waals surface area contributed by atoms with E-state index in [0.717, 1.165) is 16.9 Å². The van der Waals surface area contributed by atoms with Crippen molar-refractivity contribution < 1.29 is 4.74 Å². The highest BCUT2D eigenvalue weighted by atomic mass is 35.5. The van der Waals surface area contributed by atoms with Gasteiger partial charge in [0.25, 0.3) is 0 Å². The third kappa shape index (κ3) is 6.40. The van der Waals surface area contributed by atoms with Crippen LogP contribution in [-0.2, 0) is 6.61 Å². The molecule has 0 radical (unpaired) electrons. The van der Waals surface area contributed by atoms with Gasteiger partial charge in [-0.15, -0.1) is 6.58 Å². The number of hydrogen-bond donors (Lipinski definition) is 2. The lowest BCUT2D eigenvalue weighted by Crippen LogP contribution is -2.31. The molecule has 124 valence electrons. The first-order valence-electron chi connectivity index (χ1n) is 7.32. The summed E-state index contributed by atoms with van der Waals surface area (Å²) in [7, 11) is 0. The Morgan fingerprint density at radius 2 is 2.04 bits per heavy atom. The predicted octanol–water partition coefficient (Wildman–Crippen LogP) is 3.90. The molecule has 2 aromatic carbocycles. The highest BCUT2D eigenvalue weighted by molar-refractivity contribution is 7.80. The lowest BCUT2D eigenvalue weighted by molar-refractivity contribution is 0.306. The predicted molar refractivity (Wildman–Crippen MR) is 104 cm³/mol. The van der Waals surface area contributed by atoms with E-state index < -0.39 is 0 Å². The van der Waals surface area contributed by atoms with Crippen molar-refractivity contribution in [3.63, 3.8) is 0 Å². The van der Waals surface area contributed by atoms with Gasteiger partial charge in [0.1, 0.15) is 12.4 Å². The zero-order valence-corrected chi connectivity index (χ0v) is 14.6. The molecule has 0 heterocycles. The summed E-state index contributed by atoms with van der Waals surface area (Å²) in [4.78, 5) is 0. The molecule has 0 aromatic heterocycles. The van der Waals surface area contributed by atoms with Crippen molar-refractivity contribution in [3.05, 3.63) is 77.3 Å². The first kappa shape index (κ1) is 18.0. The van der Waals surface area contributed by atoms with Crippen LogP contribution in [0.15, 0.2) is 66.3 Å². The SMILES string of the molecule is C=CCNC(=S)N/N=C\c1cccc(OCc2ccc(Cl)cc2)c1. The molecule has 0 aliphatic rings. The monoisotopic (exact) mass is 359 g/mol. The van der Waals surface area contributed by atoms with Gasteiger partial charge in [-0.05, 0) is 47.6 Å². The molecule has 2 rings (SSSR count). The number of thiocarbonyl (C=S) groups is 1. The van der Waals surface area contributed by atoms with Crippen LogP contribution in [0, 0.1) is 0 Å². The molecule has 0 saturated carbocycles. The zero-order chi connectivity index (χ0) is 17.2. The second kappa shape index (κ2) is 9.70. The number of nitrogens with zero attached hydrogens (tertiary/aromatic N) is 1. The largest absolute Gasteiger partial charge is 0.489 e. The Bertz CT molecular complexity index is 716. The van der Waals surface area contributed by atoms with Crippen LogP contribution in [0.2, 0.25) is 5.02 Å². The third-order valence-corrected chi connectivity index (χ3v) is 3.45. The molecule has 0 bridgehead atoms. The van der Waals surface area contributed by atoms with Crippen molar-refractivity contribution in [1.82, 2.24) is 10.7 Å². The molecule has 0 aliphatic carbocycles. The average Bonchev–Trinajstić information content (AvgIpc) is 2.60. The average molecular weight is 360 g/mol. The maximum atomic E-state index is 5.87. The minimum atomic E-state index is 0.446. The fourth-order valence-electron chi connectivity index (χ4n) is 1.80. The van der Waals surface area contributed by atoms with Crippen LogP contribution in [-0.4, -0.2) is 17.9 Å². The normalized spacial score (nSPS) is 10.4. The van der Waals surface area contributed by atoms with Gasteiger partial charge in [-0.3, -0.25) is 5.43 Å². The first-order chi connectivity index (χ1) is 11.7. The van der Waals surface area contributed by atoms with Crippen LogP contribution in [0.4, 0.5) is 0 Å². The number of nitrogens with one attached hydrogen (secondary N) is 2. The van der Waals surface area contributed by atoms with E-state index in [4.69, 9.17) is 28.6 Å². The standard InChI is InChI=1S/C18H18ClN3OS/c1-2-10-20-18(24)22-21-12-15-4-3-5-17(11-15)23-13-14-6-8-16(19)9-7-14/h2-9,11-12H,1,10,13H2,(H2,20,22,24)/b21-12-. The van der Waals surface area contributed by atoms with E-state index in [9.17, 15) is 0 Å². The van der Waals surface area contributed by atoms with E-state index in [2.05, 4.69) is 22.4 Å². The second-order valence-electron chi connectivity index (χ2n) is 4.86. The molecule has 24 heavy (non-hydrogen) atoms. The van der Waals surface area contributed by atoms with E-state index in [1.54, 1.807) is 12.3 Å². The maximum Gasteiger partial charge on any atom is 0.187 e. The van der Waals surface area contributed by atoms with Crippen LogP contribution in [0.5, 0.6) is 5.75 Å². The molecule has 0 amide bonds. The number of rotatable bonds is 7. The first-order valence-corrected chi connectivity index (χ1v) is 8.11. The van der Waals surface area contributed by atoms with Gasteiger partial charge in [0.2, 0.25) is 0 Å². The van der Waals surface area contributed by atoms with Crippen LogP contribution in [0.1, 0.15) is 11.1 Å². The summed E-state index contributed by atoms with van der Waals surface area (Å²) < 4.78 is 5.78. The van der Waals surface area contributed by atoms with Gasteiger partial charge in [0, 0.05) is 11.6 Å². The van der Waals surface area contributed by atoms with Crippen molar-refractivity contribution in [3.8, 4) is 5.75 Å². The van der Waals surface area contributed by atoms with Gasteiger partial charge >= 0.3 is 0 Å². The van der Waals surface area contributed by atoms with E-state index >= 15 is 0 Å².